The Morgan fingerprint density at radius 2 is 2.22 bits per heavy atom. The van der Waals surface area contributed by atoms with Crippen LogP contribution in [0.5, 0.6) is 0 Å². The Labute approximate surface area is 137 Å². The van der Waals surface area contributed by atoms with Gasteiger partial charge in [0.25, 0.3) is 5.91 Å². The third-order valence-corrected chi connectivity index (χ3v) is 4.31. The van der Waals surface area contributed by atoms with Gasteiger partial charge in [0.15, 0.2) is 0 Å². The summed E-state index contributed by atoms with van der Waals surface area (Å²) in [6.07, 6.45) is 0.588. The van der Waals surface area contributed by atoms with E-state index in [1.807, 2.05) is 12.1 Å². The summed E-state index contributed by atoms with van der Waals surface area (Å²) >= 11 is 1.34. The normalized spacial score (nSPS) is 17.1. The van der Waals surface area contributed by atoms with E-state index in [4.69, 9.17) is 5.26 Å². The second-order valence-electron chi connectivity index (χ2n) is 5.26. The van der Waals surface area contributed by atoms with Crippen molar-refractivity contribution in [3.8, 4) is 6.07 Å². The molecule has 1 aromatic heterocycles. The van der Waals surface area contributed by atoms with E-state index < -0.39 is 6.04 Å². The molecule has 23 heavy (non-hydrogen) atoms. The molecule has 6 nitrogen and oxygen atoms in total. The number of carbonyl (C=O) groups is 2. The fourth-order valence-electron chi connectivity index (χ4n) is 2.49. The van der Waals surface area contributed by atoms with Gasteiger partial charge in [-0.15, -0.1) is 11.3 Å². The lowest BCUT2D eigenvalue weighted by atomic mass is 10.1. The smallest absolute Gasteiger partial charge is 0.271 e. The first kappa shape index (κ1) is 15.2. The number of nitrogens with one attached hydrogen (secondary N) is 1. The second kappa shape index (κ2) is 6.58. The van der Waals surface area contributed by atoms with Gasteiger partial charge in [0.2, 0.25) is 5.91 Å². The predicted molar refractivity (Wildman–Crippen MR) is 84.6 cm³/mol. The van der Waals surface area contributed by atoms with Crippen LogP contribution in [0.4, 0.5) is 0 Å². The number of carbonyl (C=O) groups excluding carboxylic acids is 2. The van der Waals surface area contributed by atoms with Gasteiger partial charge in [-0.2, -0.15) is 5.26 Å². The minimum atomic E-state index is -0.498. The molecule has 1 saturated heterocycles. The fourth-order valence-corrected chi connectivity index (χ4v) is 3.02. The molecule has 1 aliphatic rings. The minimum absolute atomic E-state index is 0.0852. The number of nitriles is 1. The van der Waals surface area contributed by atoms with Crippen LogP contribution in [0, 0.1) is 11.3 Å². The van der Waals surface area contributed by atoms with Crippen molar-refractivity contribution in [2.75, 3.05) is 6.54 Å². The summed E-state index contributed by atoms with van der Waals surface area (Å²) in [5, 5.41) is 13.2. The molecule has 0 bridgehead atoms. The van der Waals surface area contributed by atoms with Gasteiger partial charge in [0, 0.05) is 18.5 Å². The van der Waals surface area contributed by atoms with E-state index in [1.54, 1.807) is 27.9 Å². The largest absolute Gasteiger partial charge is 0.339 e. The van der Waals surface area contributed by atoms with E-state index in [2.05, 4.69) is 16.4 Å². The maximum absolute atomic E-state index is 12.4. The van der Waals surface area contributed by atoms with Crippen LogP contribution >= 0.6 is 11.3 Å². The molecule has 0 aliphatic carbocycles. The zero-order valence-corrected chi connectivity index (χ0v) is 13.0. The van der Waals surface area contributed by atoms with Crippen molar-refractivity contribution in [3.05, 3.63) is 52.0 Å². The third-order valence-electron chi connectivity index (χ3n) is 3.72. The number of rotatable bonds is 4. The number of nitrogens with zero attached hydrogens (tertiary/aromatic N) is 3. The number of hydrogen-bond acceptors (Lipinski definition) is 5. The van der Waals surface area contributed by atoms with Crippen LogP contribution in [0.2, 0.25) is 0 Å². The van der Waals surface area contributed by atoms with E-state index in [-0.39, 0.29) is 11.8 Å². The van der Waals surface area contributed by atoms with E-state index in [9.17, 15) is 9.59 Å². The Hall–Kier alpha value is -2.72. The Balaban J connectivity index is 1.60. The van der Waals surface area contributed by atoms with Crippen LogP contribution in [0.1, 0.15) is 28.0 Å². The predicted octanol–water partition coefficient (Wildman–Crippen LogP) is 1.55. The van der Waals surface area contributed by atoms with Gasteiger partial charge >= 0.3 is 0 Å². The van der Waals surface area contributed by atoms with Crippen LogP contribution in [0.15, 0.2) is 35.2 Å². The molecule has 2 heterocycles. The molecule has 3 rings (SSSR count). The number of hydrogen-bond donors (Lipinski definition) is 1. The van der Waals surface area contributed by atoms with Crippen molar-refractivity contribution in [1.29, 1.82) is 5.26 Å². The molecule has 1 aromatic carbocycles. The molecule has 1 aliphatic heterocycles. The molecule has 0 radical (unpaired) electrons. The summed E-state index contributed by atoms with van der Waals surface area (Å²) in [4.78, 5) is 30.0. The topological polar surface area (TPSA) is 86.1 Å². The summed E-state index contributed by atoms with van der Waals surface area (Å²) in [6.45, 7) is 1.08. The van der Waals surface area contributed by atoms with Crippen LogP contribution in [-0.4, -0.2) is 34.3 Å². The van der Waals surface area contributed by atoms with Crippen LogP contribution in [0.3, 0.4) is 0 Å². The highest BCUT2D eigenvalue weighted by molar-refractivity contribution is 7.07. The molecule has 0 unspecified atom stereocenters. The van der Waals surface area contributed by atoms with E-state index in [0.29, 0.717) is 30.8 Å². The van der Waals surface area contributed by atoms with E-state index in [1.165, 1.54) is 11.3 Å². The molecular formula is C16H14N4O2S. The second-order valence-corrected chi connectivity index (χ2v) is 5.98. The molecule has 2 aromatic rings. The minimum Gasteiger partial charge on any atom is -0.339 e. The molecule has 0 spiro atoms. The van der Waals surface area contributed by atoms with Crippen LogP contribution < -0.4 is 5.32 Å². The molecule has 1 fully saturated rings. The lowest BCUT2D eigenvalue weighted by Crippen LogP contribution is -2.41. The molecular weight excluding hydrogens is 312 g/mol. The van der Waals surface area contributed by atoms with Gasteiger partial charge in [0.1, 0.15) is 11.7 Å². The van der Waals surface area contributed by atoms with Gasteiger partial charge in [-0.3, -0.25) is 9.59 Å². The average molecular weight is 326 g/mol. The highest BCUT2D eigenvalue weighted by Crippen LogP contribution is 2.16. The first-order chi connectivity index (χ1) is 11.2. The number of likely N-dealkylation sites (tertiary alicyclic amines) is 1. The molecule has 1 atom stereocenters. The number of amides is 2. The molecule has 116 valence electrons. The maximum atomic E-state index is 12.4. The fraction of sp³-hybridized carbons (Fsp3) is 0.250. The Morgan fingerprint density at radius 3 is 2.87 bits per heavy atom. The maximum Gasteiger partial charge on any atom is 0.271 e. The number of thiazole rings is 1. The van der Waals surface area contributed by atoms with E-state index >= 15 is 0 Å². The SMILES string of the molecule is N#Cc1ccc(CN2CC[C@@H](NC(=O)c3cscn3)C2=O)cc1. The standard InChI is InChI=1S/C16H14N4O2S/c17-7-11-1-3-12(4-2-11)8-20-6-5-13(16(20)22)19-15(21)14-9-23-10-18-14/h1-4,9-10,13H,5-6,8H2,(H,19,21)/t13-/m1/s1. The van der Waals surface area contributed by atoms with E-state index in [0.717, 1.165) is 5.56 Å². The van der Waals surface area contributed by atoms with Gasteiger partial charge in [-0.05, 0) is 24.1 Å². The Bertz CT molecular complexity index is 749. The molecule has 2 amide bonds. The zero-order chi connectivity index (χ0) is 16.2. The first-order valence-electron chi connectivity index (χ1n) is 7.14. The average Bonchev–Trinajstić information content (AvgIpc) is 3.21. The summed E-state index contributed by atoms with van der Waals surface area (Å²) in [7, 11) is 0. The van der Waals surface area contributed by atoms with Crippen molar-refractivity contribution in [1.82, 2.24) is 15.2 Å². The quantitative estimate of drug-likeness (QED) is 0.923. The van der Waals surface area contributed by atoms with Gasteiger partial charge in [-0.1, -0.05) is 12.1 Å². The summed E-state index contributed by atoms with van der Waals surface area (Å²) in [5.41, 5.74) is 3.48. The van der Waals surface area contributed by atoms with Crippen LogP contribution in [-0.2, 0) is 11.3 Å². The van der Waals surface area contributed by atoms with Gasteiger partial charge < -0.3 is 10.2 Å². The third kappa shape index (κ3) is 3.38. The summed E-state index contributed by atoms with van der Waals surface area (Å²) < 4.78 is 0. The Kier molecular flexibility index (Phi) is 4.35. The lowest BCUT2D eigenvalue weighted by molar-refractivity contribution is -0.129. The highest BCUT2D eigenvalue weighted by atomic mass is 32.1. The summed E-state index contributed by atoms with van der Waals surface area (Å²) in [5.74, 6) is -0.400. The van der Waals surface area contributed by atoms with Crippen molar-refractivity contribution in [3.63, 3.8) is 0 Å². The zero-order valence-electron chi connectivity index (χ0n) is 12.2. The molecule has 1 N–H and O–H groups in total. The van der Waals surface area contributed by atoms with Crippen molar-refractivity contribution < 1.29 is 9.59 Å². The van der Waals surface area contributed by atoms with Gasteiger partial charge in [-0.25, -0.2) is 4.98 Å². The molecule has 7 heteroatoms. The number of aromatic nitrogens is 1. The Morgan fingerprint density at radius 1 is 1.43 bits per heavy atom. The lowest BCUT2D eigenvalue weighted by Gasteiger charge is -2.17. The van der Waals surface area contributed by atoms with Crippen LogP contribution in [0.25, 0.3) is 0 Å². The highest BCUT2D eigenvalue weighted by Gasteiger charge is 2.33. The van der Waals surface area contributed by atoms with Gasteiger partial charge in [0.05, 0.1) is 17.1 Å². The van der Waals surface area contributed by atoms with Crippen molar-refractivity contribution >= 4 is 23.2 Å². The monoisotopic (exact) mass is 326 g/mol. The van der Waals surface area contributed by atoms with Crippen molar-refractivity contribution in [2.24, 2.45) is 0 Å². The summed E-state index contributed by atoms with van der Waals surface area (Å²) in [6, 6.07) is 8.72. The number of benzene rings is 1. The first-order valence-corrected chi connectivity index (χ1v) is 8.08. The van der Waals surface area contributed by atoms with Crippen molar-refractivity contribution in [2.45, 2.75) is 19.0 Å². The molecule has 0 saturated carbocycles.